The molecule has 2 aromatic heterocycles. The molecule has 1 aliphatic rings. The first-order valence-electron chi connectivity index (χ1n) is 9.58. The highest BCUT2D eigenvalue weighted by Gasteiger charge is 2.25. The molecular formula is C21H22N4O3S. The first kappa shape index (κ1) is 19.5. The molecule has 0 radical (unpaired) electrons. The Morgan fingerprint density at radius 3 is 2.52 bits per heavy atom. The smallest absolute Gasteiger partial charge is 0.283 e. The number of ether oxygens (including phenoxy) is 1. The molecule has 0 unspecified atom stereocenters. The van der Waals surface area contributed by atoms with Gasteiger partial charge in [-0.15, -0.1) is 11.3 Å². The number of rotatable bonds is 4. The second kappa shape index (κ2) is 8.26. The van der Waals surface area contributed by atoms with E-state index in [2.05, 4.69) is 10.1 Å². The summed E-state index contributed by atoms with van der Waals surface area (Å²) in [7, 11) is 0. The average molecular weight is 410 g/mol. The number of hydrogen-bond acceptors (Lipinski definition) is 6. The Morgan fingerprint density at radius 2 is 1.83 bits per heavy atom. The third kappa shape index (κ3) is 3.99. The van der Waals surface area contributed by atoms with E-state index in [-0.39, 0.29) is 17.5 Å². The first-order chi connectivity index (χ1) is 14.0. The fourth-order valence-electron chi connectivity index (χ4n) is 3.19. The van der Waals surface area contributed by atoms with E-state index in [0.29, 0.717) is 42.7 Å². The molecule has 1 aromatic carbocycles. The Bertz CT molecular complexity index is 1070. The van der Waals surface area contributed by atoms with Gasteiger partial charge in [0.1, 0.15) is 5.69 Å². The van der Waals surface area contributed by atoms with Gasteiger partial charge in [-0.25, -0.2) is 9.67 Å². The average Bonchev–Trinajstić information content (AvgIpc) is 3.20. The molecule has 0 N–H and O–H groups in total. The summed E-state index contributed by atoms with van der Waals surface area (Å²) < 4.78 is 6.80. The highest BCUT2D eigenvalue weighted by Crippen LogP contribution is 2.36. The summed E-state index contributed by atoms with van der Waals surface area (Å²) in [6.07, 6.45) is 0. The van der Waals surface area contributed by atoms with Crippen LogP contribution in [-0.2, 0) is 4.74 Å². The van der Waals surface area contributed by atoms with Crippen molar-refractivity contribution in [2.24, 2.45) is 0 Å². The molecule has 0 spiro atoms. The number of morpholine rings is 1. The van der Waals surface area contributed by atoms with Crippen molar-refractivity contribution in [3.63, 3.8) is 0 Å². The summed E-state index contributed by atoms with van der Waals surface area (Å²) in [6.45, 7) is 6.02. The Morgan fingerprint density at radius 1 is 1.10 bits per heavy atom. The maximum Gasteiger partial charge on any atom is 0.283 e. The third-order valence-electron chi connectivity index (χ3n) is 4.70. The molecule has 1 aliphatic heterocycles. The van der Waals surface area contributed by atoms with Gasteiger partial charge in [-0.1, -0.05) is 30.3 Å². The number of carbonyl (C=O) groups is 1. The van der Waals surface area contributed by atoms with Gasteiger partial charge in [0.25, 0.3) is 11.5 Å². The van der Waals surface area contributed by atoms with E-state index < -0.39 is 0 Å². The molecule has 7 nitrogen and oxygen atoms in total. The lowest BCUT2D eigenvalue weighted by atomic mass is 10.1. The highest BCUT2D eigenvalue weighted by molar-refractivity contribution is 7.17. The zero-order valence-corrected chi connectivity index (χ0v) is 17.2. The van der Waals surface area contributed by atoms with Crippen LogP contribution in [0.2, 0.25) is 0 Å². The number of aromatic nitrogens is 3. The van der Waals surface area contributed by atoms with Crippen LogP contribution in [0.15, 0.2) is 47.3 Å². The molecule has 1 saturated heterocycles. The second-order valence-electron chi connectivity index (χ2n) is 7.06. The quantitative estimate of drug-likeness (QED) is 0.661. The Kier molecular flexibility index (Phi) is 5.55. The molecule has 29 heavy (non-hydrogen) atoms. The summed E-state index contributed by atoms with van der Waals surface area (Å²) in [5.74, 6) is -0.0982. The van der Waals surface area contributed by atoms with Crippen molar-refractivity contribution in [3.05, 3.63) is 57.8 Å². The SMILES string of the molecule is CC(C)n1nc(-c2sc(C(=O)N3CCOCC3)nc2-c2ccccc2)ccc1=O. The van der Waals surface area contributed by atoms with Crippen molar-refractivity contribution < 1.29 is 9.53 Å². The molecule has 4 rings (SSSR count). The van der Waals surface area contributed by atoms with Crippen LogP contribution in [0.25, 0.3) is 21.8 Å². The summed E-state index contributed by atoms with van der Waals surface area (Å²) in [5, 5.41) is 4.96. The first-order valence-corrected chi connectivity index (χ1v) is 10.4. The van der Waals surface area contributed by atoms with Gasteiger partial charge in [0.2, 0.25) is 0 Å². The summed E-state index contributed by atoms with van der Waals surface area (Å²) in [4.78, 5) is 32.4. The monoisotopic (exact) mass is 410 g/mol. The number of nitrogens with zero attached hydrogens (tertiary/aromatic N) is 4. The van der Waals surface area contributed by atoms with Crippen LogP contribution in [0, 0.1) is 0 Å². The zero-order chi connectivity index (χ0) is 20.4. The standard InChI is InChI=1S/C21H22N4O3S/c1-14(2)25-17(26)9-8-16(23-25)19-18(15-6-4-3-5-7-15)22-20(29-19)21(27)24-10-12-28-13-11-24/h3-9,14H,10-13H2,1-2H3. The normalized spacial score (nSPS) is 14.4. The number of amides is 1. The molecule has 1 amide bonds. The number of thiazole rings is 1. The molecule has 0 saturated carbocycles. The van der Waals surface area contributed by atoms with E-state index >= 15 is 0 Å². The van der Waals surface area contributed by atoms with Gasteiger partial charge < -0.3 is 9.64 Å². The van der Waals surface area contributed by atoms with Gasteiger partial charge in [-0.2, -0.15) is 5.10 Å². The molecule has 0 bridgehead atoms. The lowest BCUT2D eigenvalue weighted by molar-refractivity contribution is 0.0303. The van der Waals surface area contributed by atoms with Crippen molar-refractivity contribution in [1.82, 2.24) is 19.7 Å². The van der Waals surface area contributed by atoms with E-state index in [4.69, 9.17) is 4.74 Å². The van der Waals surface area contributed by atoms with Gasteiger partial charge >= 0.3 is 0 Å². The van der Waals surface area contributed by atoms with Crippen LogP contribution in [0.3, 0.4) is 0 Å². The van der Waals surface area contributed by atoms with Crippen LogP contribution >= 0.6 is 11.3 Å². The minimum Gasteiger partial charge on any atom is -0.378 e. The van der Waals surface area contributed by atoms with E-state index in [1.54, 1.807) is 11.0 Å². The van der Waals surface area contributed by atoms with E-state index in [9.17, 15) is 9.59 Å². The van der Waals surface area contributed by atoms with Gasteiger partial charge in [-0.05, 0) is 19.9 Å². The third-order valence-corrected chi connectivity index (χ3v) is 5.77. The van der Waals surface area contributed by atoms with Crippen molar-refractivity contribution >= 4 is 17.2 Å². The summed E-state index contributed by atoms with van der Waals surface area (Å²) in [6, 6.07) is 12.9. The topological polar surface area (TPSA) is 77.3 Å². The van der Waals surface area contributed by atoms with Crippen LogP contribution in [0.1, 0.15) is 29.7 Å². The van der Waals surface area contributed by atoms with Gasteiger partial charge in [0.05, 0.1) is 29.8 Å². The maximum atomic E-state index is 13.0. The summed E-state index contributed by atoms with van der Waals surface area (Å²) in [5.41, 5.74) is 2.09. The largest absolute Gasteiger partial charge is 0.378 e. The van der Waals surface area contributed by atoms with Gasteiger partial charge in [0.15, 0.2) is 5.01 Å². The number of benzene rings is 1. The van der Waals surface area contributed by atoms with Crippen molar-refractivity contribution in [2.45, 2.75) is 19.9 Å². The lowest BCUT2D eigenvalue weighted by Crippen LogP contribution is -2.40. The minimum absolute atomic E-state index is 0.0648. The maximum absolute atomic E-state index is 13.0. The van der Waals surface area contributed by atoms with Crippen molar-refractivity contribution in [3.8, 4) is 21.8 Å². The molecule has 150 valence electrons. The lowest BCUT2D eigenvalue weighted by Gasteiger charge is -2.25. The zero-order valence-electron chi connectivity index (χ0n) is 16.4. The fourth-order valence-corrected chi connectivity index (χ4v) is 4.22. The second-order valence-corrected chi connectivity index (χ2v) is 8.06. The van der Waals surface area contributed by atoms with E-state index in [1.807, 2.05) is 44.2 Å². The minimum atomic E-state index is -0.154. The fraction of sp³-hybridized carbons (Fsp3) is 0.333. The Labute approximate surface area is 172 Å². The summed E-state index contributed by atoms with van der Waals surface area (Å²) >= 11 is 1.31. The number of hydrogen-bond donors (Lipinski definition) is 0. The predicted octanol–water partition coefficient (Wildman–Crippen LogP) is 3.09. The van der Waals surface area contributed by atoms with Crippen LogP contribution in [0.5, 0.6) is 0 Å². The Balaban J connectivity index is 1.82. The van der Waals surface area contributed by atoms with E-state index in [1.165, 1.54) is 22.1 Å². The molecular weight excluding hydrogens is 388 g/mol. The highest BCUT2D eigenvalue weighted by atomic mass is 32.1. The molecule has 3 heterocycles. The molecule has 1 fully saturated rings. The molecule has 3 aromatic rings. The predicted molar refractivity (Wildman–Crippen MR) is 112 cm³/mol. The van der Waals surface area contributed by atoms with Gasteiger partial charge in [-0.3, -0.25) is 9.59 Å². The van der Waals surface area contributed by atoms with Crippen LogP contribution in [-0.4, -0.2) is 51.9 Å². The molecule has 0 aliphatic carbocycles. The van der Waals surface area contributed by atoms with Crippen molar-refractivity contribution in [1.29, 1.82) is 0 Å². The number of carbonyl (C=O) groups excluding carboxylic acids is 1. The van der Waals surface area contributed by atoms with Crippen LogP contribution < -0.4 is 5.56 Å². The Hall–Kier alpha value is -2.84. The van der Waals surface area contributed by atoms with Gasteiger partial charge in [0, 0.05) is 24.7 Å². The molecule has 8 heteroatoms. The van der Waals surface area contributed by atoms with Crippen LogP contribution in [0.4, 0.5) is 0 Å². The van der Waals surface area contributed by atoms with E-state index in [0.717, 1.165) is 10.4 Å². The molecule has 0 atom stereocenters. The van der Waals surface area contributed by atoms with Crippen molar-refractivity contribution in [2.75, 3.05) is 26.3 Å².